The van der Waals surface area contributed by atoms with Gasteiger partial charge >= 0.3 is 0 Å². The van der Waals surface area contributed by atoms with Gasteiger partial charge in [-0.15, -0.1) is 0 Å². The molecule has 0 saturated carbocycles. The Morgan fingerprint density at radius 1 is 0.794 bits per heavy atom. The van der Waals surface area contributed by atoms with Gasteiger partial charge in [-0.3, -0.25) is 9.59 Å². The number of hydrogen-bond acceptors (Lipinski definition) is 6. The van der Waals surface area contributed by atoms with Crippen LogP contribution < -0.4 is 24.8 Å². The lowest BCUT2D eigenvalue weighted by Crippen LogP contribution is -2.20. The Hall–Kier alpha value is -4.77. The van der Waals surface area contributed by atoms with Crippen molar-refractivity contribution in [2.45, 2.75) is 0 Å². The monoisotopic (exact) mass is 457 g/mol. The number of nitrogens with zero attached hydrogens (tertiary/aromatic N) is 1. The first kappa shape index (κ1) is 23.9. The zero-order valence-corrected chi connectivity index (χ0v) is 18.7. The molecule has 0 radical (unpaired) electrons. The van der Waals surface area contributed by atoms with E-state index < -0.39 is 5.91 Å². The zero-order chi connectivity index (χ0) is 24.3. The van der Waals surface area contributed by atoms with Gasteiger partial charge in [-0.25, -0.2) is 0 Å². The molecule has 0 saturated heterocycles. The molecule has 3 aromatic rings. The maximum absolute atomic E-state index is 12.4. The van der Waals surface area contributed by atoms with E-state index in [0.717, 1.165) is 0 Å². The van der Waals surface area contributed by atoms with Gasteiger partial charge in [0, 0.05) is 11.4 Å². The lowest BCUT2D eigenvalue weighted by Gasteiger charge is -2.08. The highest BCUT2D eigenvalue weighted by atomic mass is 16.5. The molecule has 0 aliphatic rings. The second kappa shape index (κ2) is 11.7. The van der Waals surface area contributed by atoms with Crippen molar-refractivity contribution in [1.29, 1.82) is 5.26 Å². The highest BCUT2D eigenvalue weighted by Crippen LogP contribution is 2.18. The number of carbonyl (C=O) groups excluding carboxylic acids is 2. The van der Waals surface area contributed by atoms with Gasteiger partial charge in [0.25, 0.3) is 11.8 Å². The van der Waals surface area contributed by atoms with Crippen molar-refractivity contribution in [3.05, 3.63) is 83.9 Å². The summed E-state index contributed by atoms with van der Waals surface area (Å²) in [6, 6.07) is 22.3. The van der Waals surface area contributed by atoms with Crippen LogP contribution in [0.4, 0.5) is 11.4 Å². The third kappa shape index (κ3) is 6.87. The number of anilines is 2. The Kier molecular flexibility index (Phi) is 8.25. The van der Waals surface area contributed by atoms with Crippen molar-refractivity contribution in [2.75, 3.05) is 31.5 Å². The molecule has 0 aliphatic carbocycles. The van der Waals surface area contributed by atoms with E-state index in [1.165, 1.54) is 6.08 Å². The quantitative estimate of drug-likeness (QED) is 0.367. The van der Waals surface area contributed by atoms with Crippen molar-refractivity contribution in [1.82, 2.24) is 0 Å². The maximum atomic E-state index is 12.4. The lowest BCUT2D eigenvalue weighted by atomic mass is 10.1. The van der Waals surface area contributed by atoms with Gasteiger partial charge in [0.1, 0.15) is 28.9 Å². The first-order chi connectivity index (χ1) is 16.5. The number of hydrogen-bond donors (Lipinski definition) is 2. The van der Waals surface area contributed by atoms with Crippen LogP contribution in [0.2, 0.25) is 0 Å². The van der Waals surface area contributed by atoms with Gasteiger partial charge in [-0.05, 0) is 72.3 Å². The normalized spacial score (nSPS) is 10.6. The number of rotatable bonds is 9. The summed E-state index contributed by atoms with van der Waals surface area (Å²) in [6.45, 7) is -0.172. The SMILES string of the molecule is COc1ccc(NC(=O)COc2ccc(/C=C(\C#N)C(=O)Nc3ccc(OC)cc3)cc2)cc1. The predicted molar refractivity (Wildman–Crippen MR) is 129 cm³/mol. The number of nitriles is 1. The molecule has 0 bridgehead atoms. The summed E-state index contributed by atoms with van der Waals surface area (Å²) < 4.78 is 15.7. The van der Waals surface area contributed by atoms with E-state index in [1.54, 1.807) is 87.0 Å². The molecule has 8 nitrogen and oxygen atoms in total. The van der Waals surface area contributed by atoms with E-state index in [2.05, 4.69) is 10.6 Å². The minimum Gasteiger partial charge on any atom is -0.497 e. The highest BCUT2D eigenvalue weighted by molar-refractivity contribution is 6.09. The summed E-state index contributed by atoms with van der Waals surface area (Å²) >= 11 is 0. The number of ether oxygens (including phenoxy) is 3. The van der Waals surface area contributed by atoms with Crippen molar-refractivity contribution in [3.63, 3.8) is 0 Å². The van der Waals surface area contributed by atoms with Crippen molar-refractivity contribution in [3.8, 4) is 23.3 Å². The van der Waals surface area contributed by atoms with Crippen LogP contribution in [-0.4, -0.2) is 32.6 Å². The Morgan fingerprint density at radius 3 is 1.79 bits per heavy atom. The molecule has 2 amide bonds. The summed E-state index contributed by atoms with van der Waals surface area (Å²) in [5.41, 5.74) is 1.76. The largest absolute Gasteiger partial charge is 0.497 e. The van der Waals surface area contributed by atoms with Crippen LogP contribution in [0.15, 0.2) is 78.4 Å². The van der Waals surface area contributed by atoms with Crippen LogP contribution in [0.1, 0.15) is 5.56 Å². The van der Waals surface area contributed by atoms with Gasteiger partial charge in [0.15, 0.2) is 6.61 Å². The zero-order valence-electron chi connectivity index (χ0n) is 18.7. The standard InChI is InChI=1S/C26H23N3O5/c1-32-22-11-5-20(6-12-22)28-25(30)17-34-24-9-3-18(4-10-24)15-19(16-27)26(31)29-21-7-13-23(33-2)14-8-21/h3-15H,17H2,1-2H3,(H,28,30)(H,29,31)/b19-15+. The number of carbonyl (C=O) groups is 2. The van der Waals surface area contributed by atoms with Crippen LogP contribution in [0.5, 0.6) is 17.2 Å². The fraction of sp³-hybridized carbons (Fsp3) is 0.115. The van der Waals surface area contributed by atoms with Gasteiger partial charge in [-0.1, -0.05) is 12.1 Å². The van der Waals surface area contributed by atoms with Crippen LogP contribution >= 0.6 is 0 Å². The Morgan fingerprint density at radius 2 is 1.29 bits per heavy atom. The van der Waals surface area contributed by atoms with Crippen LogP contribution in [0, 0.1) is 11.3 Å². The molecule has 0 aromatic heterocycles. The Balaban J connectivity index is 1.54. The molecule has 2 N–H and O–H groups in total. The van der Waals surface area contributed by atoms with Crippen LogP contribution in [0.25, 0.3) is 6.08 Å². The van der Waals surface area contributed by atoms with Crippen LogP contribution in [-0.2, 0) is 9.59 Å². The third-order valence-corrected chi connectivity index (χ3v) is 4.65. The smallest absolute Gasteiger partial charge is 0.266 e. The van der Waals surface area contributed by atoms with Gasteiger partial charge in [-0.2, -0.15) is 5.26 Å². The van der Waals surface area contributed by atoms with E-state index >= 15 is 0 Å². The lowest BCUT2D eigenvalue weighted by molar-refractivity contribution is -0.118. The van der Waals surface area contributed by atoms with Gasteiger partial charge < -0.3 is 24.8 Å². The highest BCUT2D eigenvalue weighted by Gasteiger charge is 2.10. The molecule has 0 heterocycles. The molecule has 0 unspecified atom stereocenters. The minimum atomic E-state index is -0.525. The molecule has 8 heteroatoms. The summed E-state index contributed by atoms with van der Waals surface area (Å²) in [4.78, 5) is 24.5. The van der Waals surface area contributed by atoms with Crippen molar-refractivity contribution < 1.29 is 23.8 Å². The van der Waals surface area contributed by atoms with E-state index in [1.807, 2.05) is 6.07 Å². The van der Waals surface area contributed by atoms with Gasteiger partial charge in [0.05, 0.1) is 14.2 Å². The second-order valence-corrected chi connectivity index (χ2v) is 6.99. The molecule has 0 atom stereocenters. The molecule has 0 spiro atoms. The topological polar surface area (TPSA) is 110 Å². The number of amides is 2. The average molecular weight is 457 g/mol. The molecule has 3 aromatic carbocycles. The molecular weight excluding hydrogens is 434 g/mol. The molecule has 3 rings (SSSR count). The molecule has 172 valence electrons. The first-order valence-corrected chi connectivity index (χ1v) is 10.2. The Labute approximate surface area is 197 Å². The Bertz CT molecular complexity index is 1200. The third-order valence-electron chi connectivity index (χ3n) is 4.65. The van der Waals surface area contributed by atoms with E-state index in [-0.39, 0.29) is 18.1 Å². The van der Waals surface area contributed by atoms with Crippen LogP contribution in [0.3, 0.4) is 0 Å². The molecular formula is C26H23N3O5. The van der Waals surface area contributed by atoms with E-state index in [4.69, 9.17) is 14.2 Å². The fourth-order valence-corrected chi connectivity index (χ4v) is 2.87. The first-order valence-electron chi connectivity index (χ1n) is 10.2. The van der Waals surface area contributed by atoms with Crippen molar-refractivity contribution in [2.24, 2.45) is 0 Å². The fourth-order valence-electron chi connectivity index (χ4n) is 2.87. The summed E-state index contributed by atoms with van der Waals surface area (Å²) in [6.07, 6.45) is 1.47. The predicted octanol–water partition coefficient (Wildman–Crippen LogP) is 4.27. The van der Waals surface area contributed by atoms with E-state index in [9.17, 15) is 14.9 Å². The molecule has 34 heavy (non-hydrogen) atoms. The average Bonchev–Trinajstić information content (AvgIpc) is 2.87. The number of benzene rings is 3. The van der Waals surface area contributed by atoms with Crippen molar-refractivity contribution >= 4 is 29.3 Å². The second-order valence-electron chi connectivity index (χ2n) is 6.99. The summed E-state index contributed by atoms with van der Waals surface area (Å²) in [5.74, 6) is 0.998. The number of nitrogens with one attached hydrogen (secondary N) is 2. The molecule has 0 fully saturated rings. The van der Waals surface area contributed by atoms with Gasteiger partial charge in [0.2, 0.25) is 0 Å². The minimum absolute atomic E-state index is 0.0524. The number of methoxy groups -OCH3 is 2. The summed E-state index contributed by atoms with van der Waals surface area (Å²) in [5, 5.41) is 14.8. The maximum Gasteiger partial charge on any atom is 0.266 e. The summed E-state index contributed by atoms with van der Waals surface area (Å²) in [7, 11) is 3.12. The molecule has 0 aliphatic heterocycles. The van der Waals surface area contributed by atoms with E-state index in [0.29, 0.717) is 34.2 Å².